The first-order valence-corrected chi connectivity index (χ1v) is 3.59. The average molecular weight is 168 g/mol. The highest BCUT2D eigenvalue weighted by atomic mass is 32.1. The summed E-state index contributed by atoms with van der Waals surface area (Å²) in [6.07, 6.45) is 3.20. The third-order valence-electron chi connectivity index (χ3n) is 1.09. The number of hydrogen-bond acceptors (Lipinski definition) is 6. The number of nitrogen functional groups attached to an aromatic ring is 1. The Hall–Kier alpha value is -1.50. The third kappa shape index (κ3) is 1.05. The van der Waals surface area contributed by atoms with Crippen LogP contribution in [0.1, 0.15) is 0 Å². The van der Waals surface area contributed by atoms with Gasteiger partial charge in [0.2, 0.25) is 0 Å². The van der Waals surface area contributed by atoms with Crippen LogP contribution in [0.2, 0.25) is 0 Å². The van der Waals surface area contributed by atoms with E-state index >= 15 is 0 Å². The lowest BCUT2D eigenvalue weighted by molar-refractivity contribution is 0.813. The molecule has 0 aliphatic heterocycles. The van der Waals surface area contributed by atoms with Gasteiger partial charge in [-0.2, -0.15) is 0 Å². The number of rotatable bonds is 1. The quantitative estimate of drug-likeness (QED) is 0.632. The molecule has 11 heavy (non-hydrogen) atoms. The summed E-state index contributed by atoms with van der Waals surface area (Å²) in [4.78, 5) is 0. The van der Waals surface area contributed by atoms with Gasteiger partial charge in [0.05, 0.1) is 12.4 Å². The third-order valence-corrected chi connectivity index (χ3v) is 1.74. The van der Waals surface area contributed by atoms with Crippen molar-refractivity contribution in [2.24, 2.45) is 0 Å². The molecule has 0 unspecified atom stereocenters. The van der Waals surface area contributed by atoms with Crippen molar-refractivity contribution in [1.82, 2.24) is 24.6 Å². The standard InChI is InChI=1S/C4H4N6S/c5-3-2-10(8-7-3)4-1-6-9-11-4/h1-2H,5H2. The molecular formula is C4H4N6S. The Morgan fingerprint density at radius 1 is 1.55 bits per heavy atom. The smallest absolute Gasteiger partial charge is 0.166 e. The highest BCUT2D eigenvalue weighted by Crippen LogP contribution is 2.08. The van der Waals surface area contributed by atoms with E-state index in [0.717, 1.165) is 5.00 Å². The van der Waals surface area contributed by atoms with Crippen LogP contribution in [-0.2, 0) is 0 Å². The van der Waals surface area contributed by atoms with E-state index in [9.17, 15) is 0 Å². The number of nitrogens with zero attached hydrogens (tertiary/aromatic N) is 5. The molecule has 0 fully saturated rings. The second kappa shape index (κ2) is 2.27. The molecule has 0 bridgehead atoms. The maximum Gasteiger partial charge on any atom is 0.166 e. The first kappa shape index (κ1) is 6.23. The van der Waals surface area contributed by atoms with Gasteiger partial charge in [-0.3, -0.25) is 0 Å². The van der Waals surface area contributed by atoms with E-state index in [2.05, 4.69) is 19.9 Å². The fourth-order valence-electron chi connectivity index (χ4n) is 0.647. The Kier molecular flexibility index (Phi) is 1.29. The molecule has 0 radical (unpaired) electrons. The largest absolute Gasteiger partial charge is 0.381 e. The highest BCUT2D eigenvalue weighted by molar-refractivity contribution is 7.08. The fraction of sp³-hybridized carbons (Fsp3) is 0. The van der Waals surface area contributed by atoms with Crippen LogP contribution in [0.4, 0.5) is 5.82 Å². The van der Waals surface area contributed by atoms with Gasteiger partial charge in [-0.15, -0.1) is 10.2 Å². The summed E-state index contributed by atoms with van der Waals surface area (Å²) in [5, 5.41) is 11.8. The van der Waals surface area contributed by atoms with Gasteiger partial charge >= 0.3 is 0 Å². The van der Waals surface area contributed by atoms with Crippen LogP contribution in [0, 0.1) is 0 Å². The van der Waals surface area contributed by atoms with Gasteiger partial charge in [-0.1, -0.05) is 9.70 Å². The molecule has 0 saturated carbocycles. The Morgan fingerprint density at radius 2 is 2.45 bits per heavy atom. The summed E-state index contributed by atoms with van der Waals surface area (Å²) in [6.45, 7) is 0. The zero-order chi connectivity index (χ0) is 7.68. The molecule has 2 aromatic rings. The predicted octanol–water partition coefficient (Wildman–Crippen LogP) is -0.299. The van der Waals surface area contributed by atoms with E-state index in [0.29, 0.717) is 5.82 Å². The van der Waals surface area contributed by atoms with Gasteiger partial charge in [0.15, 0.2) is 10.8 Å². The van der Waals surface area contributed by atoms with Crippen molar-refractivity contribution in [3.05, 3.63) is 12.4 Å². The number of hydrogen-bond donors (Lipinski definition) is 1. The zero-order valence-corrected chi connectivity index (χ0v) is 6.19. The van der Waals surface area contributed by atoms with Crippen molar-refractivity contribution in [3.8, 4) is 5.00 Å². The van der Waals surface area contributed by atoms with Crippen LogP contribution in [0.3, 0.4) is 0 Å². The van der Waals surface area contributed by atoms with Crippen molar-refractivity contribution in [3.63, 3.8) is 0 Å². The van der Waals surface area contributed by atoms with Crippen LogP contribution in [0.15, 0.2) is 12.4 Å². The summed E-state index contributed by atoms with van der Waals surface area (Å²) in [7, 11) is 0. The van der Waals surface area contributed by atoms with Gasteiger partial charge in [0, 0.05) is 11.5 Å². The molecule has 2 heterocycles. The lowest BCUT2D eigenvalue weighted by Crippen LogP contribution is -1.90. The first-order chi connectivity index (χ1) is 5.36. The lowest BCUT2D eigenvalue weighted by atomic mass is 10.7. The van der Waals surface area contributed by atoms with Crippen LogP contribution >= 0.6 is 11.5 Å². The monoisotopic (exact) mass is 168 g/mol. The van der Waals surface area contributed by atoms with E-state index in [4.69, 9.17) is 5.73 Å². The highest BCUT2D eigenvalue weighted by Gasteiger charge is 2.00. The SMILES string of the molecule is Nc1cn(-c2cnns2)nn1. The van der Waals surface area contributed by atoms with Crippen LogP contribution < -0.4 is 5.73 Å². The van der Waals surface area contributed by atoms with E-state index in [1.807, 2.05) is 0 Å². The van der Waals surface area contributed by atoms with Gasteiger partial charge in [0.1, 0.15) is 0 Å². The minimum Gasteiger partial charge on any atom is -0.381 e. The second-order valence-electron chi connectivity index (χ2n) is 1.84. The Balaban J connectivity index is 2.45. The molecule has 2 rings (SSSR count). The Morgan fingerprint density at radius 3 is 3.00 bits per heavy atom. The molecular weight excluding hydrogens is 164 g/mol. The number of aromatic nitrogens is 5. The zero-order valence-electron chi connectivity index (χ0n) is 5.38. The van der Waals surface area contributed by atoms with E-state index < -0.39 is 0 Å². The molecule has 0 aliphatic rings. The Labute approximate surface area is 65.8 Å². The average Bonchev–Trinajstić information content (AvgIpc) is 2.55. The number of anilines is 1. The lowest BCUT2D eigenvalue weighted by Gasteiger charge is -1.86. The predicted molar refractivity (Wildman–Crippen MR) is 39.2 cm³/mol. The van der Waals surface area contributed by atoms with Gasteiger partial charge in [-0.25, -0.2) is 4.68 Å². The van der Waals surface area contributed by atoms with Crippen molar-refractivity contribution >= 4 is 17.4 Å². The normalized spacial score (nSPS) is 10.2. The molecule has 2 aromatic heterocycles. The van der Waals surface area contributed by atoms with E-state index in [1.165, 1.54) is 16.2 Å². The van der Waals surface area contributed by atoms with Gasteiger partial charge in [-0.05, 0) is 0 Å². The second-order valence-corrected chi connectivity index (χ2v) is 2.61. The van der Waals surface area contributed by atoms with Crippen LogP contribution in [0.25, 0.3) is 5.00 Å². The van der Waals surface area contributed by atoms with E-state index in [1.54, 1.807) is 12.4 Å². The van der Waals surface area contributed by atoms with E-state index in [-0.39, 0.29) is 0 Å². The minimum atomic E-state index is 0.387. The molecule has 0 spiro atoms. The fourth-order valence-corrected chi connectivity index (χ4v) is 1.09. The molecule has 0 saturated heterocycles. The summed E-state index contributed by atoms with van der Waals surface area (Å²) in [6, 6.07) is 0. The summed E-state index contributed by atoms with van der Waals surface area (Å²) in [5.41, 5.74) is 5.35. The van der Waals surface area contributed by atoms with Crippen LogP contribution in [-0.4, -0.2) is 24.6 Å². The molecule has 0 amide bonds. The molecule has 0 atom stereocenters. The molecule has 0 aromatic carbocycles. The Bertz CT molecular complexity index is 337. The minimum absolute atomic E-state index is 0.387. The molecule has 7 heteroatoms. The van der Waals surface area contributed by atoms with Crippen molar-refractivity contribution < 1.29 is 0 Å². The summed E-state index contributed by atoms with van der Waals surface area (Å²) in [5.74, 6) is 0.387. The molecule has 56 valence electrons. The van der Waals surface area contributed by atoms with Crippen LogP contribution in [0.5, 0.6) is 0 Å². The van der Waals surface area contributed by atoms with Crippen molar-refractivity contribution in [2.45, 2.75) is 0 Å². The maximum absolute atomic E-state index is 5.35. The summed E-state index contributed by atoms with van der Waals surface area (Å²) < 4.78 is 5.20. The molecule has 6 nitrogen and oxygen atoms in total. The number of nitrogens with two attached hydrogens (primary N) is 1. The summed E-state index contributed by atoms with van der Waals surface area (Å²) >= 11 is 1.23. The molecule has 0 aliphatic carbocycles. The molecule has 2 N–H and O–H groups in total. The van der Waals surface area contributed by atoms with Crippen molar-refractivity contribution in [2.75, 3.05) is 5.73 Å². The van der Waals surface area contributed by atoms with Gasteiger partial charge in [0.25, 0.3) is 0 Å². The van der Waals surface area contributed by atoms with Gasteiger partial charge < -0.3 is 5.73 Å². The maximum atomic E-state index is 5.35. The topological polar surface area (TPSA) is 82.5 Å². The van der Waals surface area contributed by atoms with Crippen molar-refractivity contribution in [1.29, 1.82) is 0 Å². The first-order valence-electron chi connectivity index (χ1n) is 2.82.